The Labute approximate surface area is 155 Å². The van der Waals surface area contributed by atoms with E-state index in [1.54, 1.807) is 11.8 Å². The van der Waals surface area contributed by atoms with Crippen LogP contribution < -0.4 is 5.32 Å². The van der Waals surface area contributed by atoms with Crippen molar-refractivity contribution in [3.05, 3.63) is 12.7 Å². The maximum absolute atomic E-state index is 12.2. The summed E-state index contributed by atoms with van der Waals surface area (Å²) in [5.41, 5.74) is -0.560. The zero-order valence-corrected chi connectivity index (χ0v) is 16.2. The van der Waals surface area contributed by atoms with Crippen molar-refractivity contribution >= 4 is 17.9 Å². The van der Waals surface area contributed by atoms with E-state index in [4.69, 9.17) is 9.47 Å². The molecule has 1 aliphatic rings. The molecule has 1 aliphatic heterocycles. The third-order valence-electron chi connectivity index (χ3n) is 3.73. The van der Waals surface area contributed by atoms with Crippen molar-refractivity contribution in [2.24, 2.45) is 0 Å². The fraction of sp³-hybridized carbons (Fsp3) is 0.722. The molecule has 1 heterocycles. The lowest BCUT2D eigenvalue weighted by Crippen LogP contribution is -2.46. The lowest BCUT2D eigenvalue weighted by Gasteiger charge is -2.28. The Hall–Kier alpha value is -2.09. The molecule has 0 saturated carbocycles. The van der Waals surface area contributed by atoms with Crippen LogP contribution in [0.3, 0.4) is 0 Å². The molecule has 1 atom stereocenters. The number of hydrogen-bond acceptors (Lipinski definition) is 5. The zero-order valence-electron chi connectivity index (χ0n) is 16.2. The number of rotatable bonds is 6. The van der Waals surface area contributed by atoms with Crippen LogP contribution >= 0.6 is 0 Å². The topological polar surface area (TPSA) is 88.2 Å². The Morgan fingerprint density at radius 3 is 2.65 bits per heavy atom. The first kappa shape index (κ1) is 22.0. The van der Waals surface area contributed by atoms with Gasteiger partial charge in [-0.1, -0.05) is 6.58 Å². The molecule has 1 fully saturated rings. The first-order valence-electron chi connectivity index (χ1n) is 8.93. The van der Waals surface area contributed by atoms with Gasteiger partial charge in [0.1, 0.15) is 5.60 Å². The molecule has 0 aromatic heterocycles. The minimum absolute atomic E-state index is 0.0378. The van der Waals surface area contributed by atoms with Crippen molar-refractivity contribution in [2.75, 3.05) is 39.3 Å². The molecule has 1 unspecified atom stereocenters. The van der Waals surface area contributed by atoms with Gasteiger partial charge < -0.3 is 24.6 Å². The van der Waals surface area contributed by atoms with Gasteiger partial charge in [0.25, 0.3) is 0 Å². The predicted molar refractivity (Wildman–Crippen MR) is 97.6 cm³/mol. The van der Waals surface area contributed by atoms with Gasteiger partial charge in [0.15, 0.2) is 0 Å². The van der Waals surface area contributed by atoms with Crippen LogP contribution in [0.5, 0.6) is 0 Å². The van der Waals surface area contributed by atoms with E-state index >= 15 is 0 Å². The average molecular weight is 369 g/mol. The number of hydrogen-bond donors (Lipinski definition) is 1. The molecular formula is C18H31N3O5. The maximum atomic E-state index is 12.2. The molecule has 1 N–H and O–H groups in total. The Balaban J connectivity index is 2.52. The molecule has 8 heteroatoms. The second-order valence-electron chi connectivity index (χ2n) is 7.13. The average Bonchev–Trinajstić information content (AvgIpc) is 2.81. The number of amides is 3. The van der Waals surface area contributed by atoms with E-state index in [1.165, 1.54) is 11.0 Å². The summed E-state index contributed by atoms with van der Waals surface area (Å²) >= 11 is 0. The molecule has 1 saturated heterocycles. The molecule has 0 aliphatic carbocycles. The van der Waals surface area contributed by atoms with Gasteiger partial charge in [-0.25, -0.2) is 4.79 Å². The first-order chi connectivity index (χ1) is 12.2. The van der Waals surface area contributed by atoms with Gasteiger partial charge in [-0.3, -0.25) is 9.59 Å². The molecule has 8 nitrogen and oxygen atoms in total. The first-order valence-corrected chi connectivity index (χ1v) is 8.93. The molecular weight excluding hydrogens is 338 g/mol. The number of carbonyl (C=O) groups excluding carboxylic acids is 3. The Morgan fingerprint density at radius 2 is 2.08 bits per heavy atom. The fourth-order valence-electron chi connectivity index (χ4n) is 2.44. The Kier molecular flexibility index (Phi) is 8.57. The van der Waals surface area contributed by atoms with E-state index in [0.29, 0.717) is 32.7 Å². The summed E-state index contributed by atoms with van der Waals surface area (Å²) in [6, 6.07) is 0. The van der Waals surface area contributed by atoms with E-state index < -0.39 is 5.60 Å². The summed E-state index contributed by atoms with van der Waals surface area (Å²) < 4.78 is 11.1. The van der Waals surface area contributed by atoms with Gasteiger partial charge in [0, 0.05) is 26.2 Å². The normalized spacial score (nSPS) is 17.8. The highest BCUT2D eigenvalue weighted by molar-refractivity contribution is 5.90. The van der Waals surface area contributed by atoms with Gasteiger partial charge in [-0.05, 0) is 40.2 Å². The van der Waals surface area contributed by atoms with E-state index in [0.717, 1.165) is 0 Å². The fourth-order valence-corrected chi connectivity index (χ4v) is 2.44. The smallest absolute Gasteiger partial charge is 0.410 e. The highest BCUT2D eigenvalue weighted by atomic mass is 16.6. The van der Waals surface area contributed by atoms with Crippen LogP contribution in [0.15, 0.2) is 12.7 Å². The third-order valence-corrected chi connectivity index (χ3v) is 3.73. The summed E-state index contributed by atoms with van der Waals surface area (Å²) in [5, 5.41) is 2.76. The molecule has 1 rings (SSSR count). The van der Waals surface area contributed by atoms with Crippen LogP contribution in [0.4, 0.5) is 4.79 Å². The second kappa shape index (κ2) is 10.2. The van der Waals surface area contributed by atoms with E-state index in [9.17, 15) is 14.4 Å². The Bertz CT molecular complexity index is 515. The number of ether oxygens (including phenoxy) is 2. The molecule has 0 spiro atoms. The molecule has 0 aromatic carbocycles. The summed E-state index contributed by atoms with van der Waals surface area (Å²) in [7, 11) is 0. The van der Waals surface area contributed by atoms with E-state index in [-0.39, 0.29) is 37.1 Å². The van der Waals surface area contributed by atoms with E-state index in [2.05, 4.69) is 11.9 Å². The minimum atomic E-state index is -0.560. The quantitative estimate of drug-likeness (QED) is 0.710. The van der Waals surface area contributed by atoms with Gasteiger partial charge in [-0.2, -0.15) is 0 Å². The van der Waals surface area contributed by atoms with Crippen molar-refractivity contribution in [1.29, 1.82) is 0 Å². The van der Waals surface area contributed by atoms with Crippen LogP contribution in [-0.2, 0) is 19.1 Å². The molecule has 148 valence electrons. The molecule has 0 aromatic rings. The number of nitrogens with one attached hydrogen (secondary N) is 1. The van der Waals surface area contributed by atoms with Crippen LogP contribution in [-0.4, -0.2) is 78.7 Å². The summed E-state index contributed by atoms with van der Waals surface area (Å²) in [6.45, 7) is 12.7. The SMILES string of the molecule is C=CC(=O)N(CC)CC(=O)NCC1CN(C(=O)OC(C)(C)C)CCCO1. The molecule has 26 heavy (non-hydrogen) atoms. The Morgan fingerprint density at radius 1 is 1.38 bits per heavy atom. The van der Waals surface area contributed by atoms with Crippen molar-refractivity contribution in [3.63, 3.8) is 0 Å². The number of nitrogens with zero attached hydrogens (tertiary/aromatic N) is 2. The van der Waals surface area contributed by atoms with Crippen LogP contribution in [0, 0.1) is 0 Å². The molecule has 0 radical (unpaired) electrons. The second-order valence-corrected chi connectivity index (χ2v) is 7.13. The predicted octanol–water partition coefficient (Wildman–Crippen LogP) is 1.16. The molecule has 0 bridgehead atoms. The lowest BCUT2D eigenvalue weighted by molar-refractivity contribution is -0.132. The van der Waals surface area contributed by atoms with Crippen LogP contribution in [0.1, 0.15) is 34.1 Å². The standard InChI is InChI=1S/C18H31N3O5/c1-6-16(23)20(7-2)13-15(22)19-11-14-12-21(9-8-10-25-14)17(24)26-18(3,4)5/h6,14H,1,7-13H2,2-5H3,(H,19,22). The highest BCUT2D eigenvalue weighted by Crippen LogP contribution is 2.13. The largest absolute Gasteiger partial charge is 0.444 e. The zero-order chi connectivity index (χ0) is 19.7. The van der Waals surface area contributed by atoms with Crippen molar-refractivity contribution in [3.8, 4) is 0 Å². The summed E-state index contributed by atoms with van der Waals surface area (Å²) in [6.07, 6.45) is 1.19. The summed E-state index contributed by atoms with van der Waals surface area (Å²) in [4.78, 5) is 38.9. The molecule has 3 amide bonds. The van der Waals surface area contributed by atoms with E-state index in [1.807, 2.05) is 20.8 Å². The van der Waals surface area contributed by atoms with Crippen molar-refractivity contribution < 1.29 is 23.9 Å². The maximum Gasteiger partial charge on any atom is 0.410 e. The highest BCUT2D eigenvalue weighted by Gasteiger charge is 2.27. The van der Waals surface area contributed by atoms with Gasteiger partial charge in [0.2, 0.25) is 11.8 Å². The van der Waals surface area contributed by atoms with Crippen LogP contribution in [0.2, 0.25) is 0 Å². The lowest BCUT2D eigenvalue weighted by atomic mass is 10.2. The van der Waals surface area contributed by atoms with Gasteiger partial charge in [-0.15, -0.1) is 0 Å². The number of likely N-dealkylation sites (N-methyl/N-ethyl adjacent to an activating group) is 1. The van der Waals surface area contributed by atoms with Crippen molar-refractivity contribution in [1.82, 2.24) is 15.1 Å². The van der Waals surface area contributed by atoms with Crippen molar-refractivity contribution in [2.45, 2.75) is 45.8 Å². The van der Waals surface area contributed by atoms with Gasteiger partial charge >= 0.3 is 6.09 Å². The van der Waals surface area contributed by atoms with Gasteiger partial charge in [0.05, 0.1) is 19.2 Å². The van der Waals surface area contributed by atoms with Crippen LogP contribution in [0.25, 0.3) is 0 Å². The monoisotopic (exact) mass is 369 g/mol. The third kappa shape index (κ3) is 7.86. The minimum Gasteiger partial charge on any atom is -0.444 e. The summed E-state index contributed by atoms with van der Waals surface area (Å²) in [5.74, 6) is -0.566. The number of carbonyl (C=O) groups is 3.